The Morgan fingerprint density at radius 2 is 1.72 bits per heavy atom. The molecule has 29 heavy (non-hydrogen) atoms. The number of hydrogen-bond donors (Lipinski definition) is 0. The number of carbonyl (C=O) groups excluding carboxylic acids is 1. The predicted molar refractivity (Wildman–Crippen MR) is 106 cm³/mol. The number of amides is 1. The van der Waals surface area contributed by atoms with Crippen molar-refractivity contribution in [3.05, 3.63) is 69.0 Å². The fraction of sp³-hybridized carbons (Fsp3) is 0.263. The number of anilines is 1. The van der Waals surface area contributed by atoms with Crippen LogP contribution >= 0.6 is 0 Å². The molecule has 2 heterocycles. The molecule has 1 aliphatic heterocycles. The first kappa shape index (κ1) is 18.5. The summed E-state index contributed by atoms with van der Waals surface area (Å²) >= 11 is 0. The number of rotatable bonds is 4. The smallest absolute Gasteiger partial charge is 0.278 e. The number of fused-ring (bicyclic) bond motifs is 1. The van der Waals surface area contributed by atoms with Gasteiger partial charge in [-0.3, -0.25) is 19.7 Å². The average molecular weight is 394 g/mol. The lowest BCUT2D eigenvalue weighted by Gasteiger charge is -2.36. The number of piperazine rings is 1. The fourth-order valence-corrected chi connectivity index (χ4v) is 3.35. The fourth-order valence-electron chi connectivity index (χ4n) is 3.35. The van der Waals surface area contributed by atoms with Crippen molar-refractivity contribution < 1.29 is 9.72 Å². The largest absolute Gasteiger partial charge is 0.368 e. The highest BCUT2D eigenvalue weighted by Crippen LogP contribution is 2.20. The molecule has 3 aromatic rings. The number of hydrogen-bond acceptors (Lipinski definition) is 7. The van der Waals surface area contributed by atoms with Crippen LogP contribution in [0.25, 0.3) is 10.9 Å². The molecule has 1 aromatic heterocycles. The Morgan fingerprint density at radius 3 is 2.41 bits per heavy atom. The standard InChI is InChI=1S/C19H18N6O4/c26-18(13-24-19(27)16-3-1-2-4-17(16)20-21-24)23-11-9-22(10-12-23)14-5-7-15(8-6-14)25(28)29/h1-8H,9-13H2. The number of nitrogens with zero attached hydrogens (tertiary/aromatic N) is 6. The molecule has 4 rings (SSSR count). The number of nitro groups is 1. The Morgan fingerprint density at radius 1 is 1.03 bits per heavy atom. The van der Waals surface area contributed by atoms with E-state index < -0.39 is 4.92 Å². The molecule has 0 radical (unpaired) electrons. The van der Waals surface area contributed by atoms with Crippen molar-refractivity contribution in [3.8, 4) is 0 Å². The summed E-state index contributed by atoms with van der Waals surface area (Å²) in [6, 6.07) is 13.2. The molecule has 0 bridgehead atoms. The first-order valence-corrected chi connectivity index (χ1v) is 9.12. The van der Waals surface area contributed by atoms with E-state index in [0.29, 0.717) is 37.1 Å². The van der Waals surface area contributed by atoms with E-state index in [1.54, 1.807) is 41.3 Å². The van der Waals surface area contributed by atoms with E-state index in [1.165, 1.54) is 12.1 Å². The van der Waals surface area contributed by atoms with Crippen LogP contribution in [0.4, 0.5) is 11.4 Å². The quantitative estimate of drug-likeness (QED) is 0.480. The maximum atomic E-state index is 12.6. The van der Waals surface area contributed by atoms with Crippen molar-refractivity contribution in [1.29, 1.82) is 0 Å². The van der Waals surface area contributed by atoms with E-state index in [-0.39, 0.29) is 23.7 Å². The van der Waals surface area contributed by atoms with E-state index >= 15 is 0 Å². The molecule has 0 aliphatic carbocycles. The molecule has 1 amide bonds. The summed E-state index contributed by atoms with van der Waals surface area (Å²) in [5.41, 5.74) is 1.08. The molecule has 0 spiro atoms. The third-order valence-electron chi connectivity index (χ3n) is 4.97. The van der Waals surface area contributed by atoms with Crippen LogP contribution in [0.15, 0.2) is 53.3 Å². The van der Waals surface area contributed by atoms with Crippen LogP contribution in [0.1, 0.15) is 0 Å². The van der Waals surface area contributed by atoms with E-state index in [1.807, 2.05) is 0 Å². The maximum absolute atomic E-state index is 12.6. The molecule has 148 valence electrons. The zero-order chi connectivity index (χ0) is 20.4. The molecule has 0 unspecified atom stereocenters. The Bertz CT molecular complexity index is 1120. The second kappa shape index (κ2) is 7.66. The zero-order valence-corrected chi connectivity index (χ0v) is 15.5. The van der Waals surface area contributed by atoms with Crippen molar-refractivity contribution in [1.82, 2.24) is 19.9 Å². The van der Waals surface area contributed by atoms with E-state index in [9.17, 15) is 19.7 Å². The van der Waals surface area contributed by atoms with Crippen LogP contribution in [0.2, 0.25) is 0 Å². The number of nitro benzene ring substituents is 1. The molecule has 1 fully saturated rings. The Balaban J connectivity index is 1.40. The number of benzene rings is 2. The van der Waals surface area contributed by atoms with Gasteiger partial charge in [0.15, 0.2) is 0 Å². The van der Waals surface area contributed by atoms with Gasteiger partial charge in [0.05, 0.1) is 10.3 Å². The monoisotopic (exact) mass is 394 g/mol. The molecular formula is C19H18N6O4. The highest BCUT2D eigenvalue weighted by molar-refractivity contribution is 5.78. The van der Waals surface area contributed by atoms with Crippen molar-refractivity contribution in [2.75, 3.05) is 31.1 Å². The highest BCUT2D eigenvalue weighted by atomic mass is 16.6. The topological polar surface area (TPSA) is 114 Å². The van der Waals surface area contributed by atoms with Crippen molar-refractivity contribution >= 4 is 28.2 Å². The van der Waals surface area contributed by atoms with Gasteiger partial charge in [-0.05, 0) is 24.3 Å². The highest BCUT2D eigenvalue weighted by Gasteiger charge is 2.22. The molecule has 10 heteroatoms. The lowest BCUT2D eigenvalue weighted by Crippen LogP contribution is -2.50. The minimum Gasteiger partial charge on any atom is -0.368 e. The van der Waals surface area contributed by atoms with Crippen LogP contribution in [-0.2, 0) is 11.3 Å². The van der Waals surface area contributed by atoms with E-state index in [0.717, 1.165) is 10.4 Å². The minimum atomic E-state index is -0.433. The van der Waals surface area contributed by atoms with Gasteiger partial charge in [0.1, 0.15) is 12.1 Å². The molecule has 0 atom stereocenters. The Hall–Kier alpha value is -3.82. The minimum absolute atomic E-state index is 0.0458. The second-order valence-corrected chi connectivity index (χ2v) is 6.71. The molecule has 0 N–H and O–H groups in total. The van der Waals surface area contributed by atoms with Crippen molar-refractivity contribution in [2.24, 2.45) is 0 Å². The van der Waals surface area contributed by atoms with Gasteiger partial charge in [-0.2, -0.15) is 0 Å². The van der Waals surface area contributed by atoms with Gasteiger partial charge in [-0.25, -0.2) is 4.68 Å². The van der Waals surface area contributed by atoms with Crippen LogP contribution < -0.4 is 10.5 Å². The molecule has 2 aromatic carbocycles. The zero-order valence-electron chi connectivity index (χ0n) is 15.5. The summed E-state index contributed by atoms with van der Waals surface area (Å²) in [4.78, 5) is 39.2. The average Bonchev–Trinajstić information content (AvgIpc) is 2.76. The summed E-state index contributed by atoms with van der Waals surface area (Å²) in [5.74, 6) is -0.194. The predicted octanol–water partition coefficient (Wildman–Crippen LogP) is 1.05. The summed E-state index contributed by atoms with van der Waals surface area (Å²) in [6.07, 6.45) is 0. The molecule has 1 saturated heterocycles. The maximum Gasteiger partial charge on any atom is 0.278 e. The number of carbonyl (C=O) groups is 1. The van der Waals surface area contributed by atoms with Crippen LogP contribution in [0, 0.1) is 10.1 Å². The first-order chi connectivity index (χ1) is 14.0. The molecular weight excluding hydrogens is 376 g/mol. The van der Waals surface area contributed by atoms with Gasteiger partial charge in [-0.1, -0.05) is 17.3 Å². The van der Waals surface area contributed by atoms with Crippen LogP contribution in [0.3, 0.4) is 0 Å². The van der Waals surface area contributed by atoms with Gasteiger partial charge in [0, 0.05) is 44.0 Å². The normalized spacial score (nSPS) is 14.2. The third-order valence-corrected chi connectivity index (χ3v) is 4.97. The van der Waals surface area contributed by atoms with Gasteiger partial charge >= 0.3 is 0 Å². The molecule has 0 saturated carbocycles. The van der Waals surface area contributed by atoms with Gasteiger partial charge in [0.25, 0.3) is 11.2 Å². The molecule has 10 nitrogen and oxygen atoms in total. The summed E-state index contributed by atoms with van der Waals surface area (Å²) in [7, 11) is 0. The van der Waals surface area contributed by atoms with Crippen LogP contribution in [-0.4, -0.2) is 56.9 Å². The first-order valence-electron chi connectivity index (χ1n) is 9.12. The van der Waals surface area contributed by atoms with Gasteiger partial charge in [-0.15, -0.1) is 5.10 Å². The lowest BCUT2D eigenvalue weighted by molar-refractivity contribution is -0.384. The van der Waals surface area contributed by atoms with Crippen molar-refractivity contribution in [2.45, 2.75) is 6.54 Å². The number of aromatic nitrogens is 3. The van der Waals surface area contributed by atoms with Gasteiger partial charge < -0.3 is 9.80 Å². The van der Waals surface area contributed by atoms with Crippen molar-refractivity contribution in [3.63, 3.8) is 0 Å². The number of non-ortho nitro benzene ring substituents is 1. The second-order valence-electron chi connectivity index (χ2n) is 6.71. The lowest BCUT2D eigenvalue weighted by atomic mass is 10.2. The summed E-state index contributed by atoms with van der Waals surface area (Å²) in [6.45, 7) is 2.02. The Kier molecular flexibility index (Phi) is 4.90. The summed E-state index contributed by atoms with van der Waals surface area (Å²) < 4.78 is 1.09. The van der Waals surface area contributed by atoms with Crippen LogP contribution in [0.5, 0.6) is 0 Å². The SMILES string of the molecule is O=C(Cn1nnc2ccccc2c1=O)N1CCN(c2ccc([N+](=O)[O-])cc2)CC1. The summed E-state index contributed by atoms with van der Waals surface area (Å²) in [5, 5.41) is 19.1. The van der Waals surface area contributed by atoms with E-state index in [4.69, 9.17) is 0 Å². The van der Waals surface area contributed by atoms with Gasteiger partial charge in [0.2, 0.25) is 5.91 Å². The van der Waals surface area contributed by atoms with E-state index in [2.05, 4.69) is 15.2 Å². The third kappa shape index (κ3) is 3.77. The Labute approximate surface area is 165 Å². The molecule has 1 aliphatic rings.